The lowest BCUT2D eigenvalue weighted by Gasteiger charge is -2.34. The molecular formula is C25H31N3O6S. The first-order chi connectivity index (χ1) is 16.7. The molecule has 2 aromatic rings. The fourth-order valence-corrected chi connectivity index (χ4v) is 6.31. The summed E-state index contributed by atoms with van der Waals surface area (Å²) in [6.07, 6.45) is 0.984. The van der Waals surface area contributed by atoms with Crippen LogP contribution in [-0.4, -0.2) is 57.9 Å². The van der Waals surface area contributed by atoms with Crippen molar-refractivity contribution in [1.82, 2.24) is 9.62 Å². The molecule has 9 nitrogen and oxygen atoms in total. The number of nitrogens with one attached hydrogen (secondary N) is 1. The van der Waals surface area contributed by atoms with Gasteiger partial charge < -0.3 is 14.8 Å². The van der Waals surface area contributed by atoms with Crippen molar-refractivity contribution < 1.29 is 27.5 Å². The Morgan fingerprint density at radius 3 is 2.46 bits per heavy atom. The lowest BCUT2D eigenvalue weighted by molar-refractivity contribution is -0.125. The molecule has 2 aliphatic heterocycles. The third-order valence-electron chi connectivity index (χ3n) is 6.30. The average Bonchev–Trinajstić information content (AvgIpc) is 2.84. The smallest absolute Gasteiger partial charge is 0.265 e. The number of carbonyl (C=O) groups excluding carboxylic acids is 2. The van der Waals surface area contributed by atoms with E-state index in [0.29, 0.717) is 18.8 Å². The number of amides is 2. The van der Waals surface area contributed by atoms with Gasteiger partial charge in [0.25, 0.3) is 5.91 Å². The lowest BCUT2D eigenvalue weighted by atomic mass is 9.94. The Hall–Kier alpha value is -3.11. The van der Waals surface area contributed by atoms with Crippen molar-refractivity contribution >= 4 is 27.5 Å². The number of rotatable bonds is 7. The maximum atomic E-state index is 13.4. The molecule has 2 aliphatic rings. The topological polar surface area (TPSA) is 105 Å². The van der Waals surface area contributed by atoms with Crippen LogP contribution in [0.5, 0.6) is 11.5 Å². The second-order valence-corrected chi connectivity index (χ2v) is 11.2. The Kier molecular flexibility index (Phi) is 7.32. The molecule has 0 saturated carbocycles. The number of anilines is 1. The summed E-state index contributed by atoms with van der Waals surface area (Å²) in [5, 5.41) is 2.80. The van der Waals surface area contributed by atoms with Gasteiger partial charge in [-0.05, 0) is 54.2 Å². The molecule has 10 heteroatoms. The summed E-state index contributed by atoms with van der Waals surface area (Å²) in [4.78, 5) is 26.7. The maximum absolute atomic E-state index is 13.4. The molecule has 0 unspecified atom stereocenters. The molecular weight excluding hydrogens is 470 g/mol. The standard InChI is InChI=1S/C25H31N3O6S/c1-17-10-18(2)14-27(13-17)35(31,32)21-8-9-23-22(11-21)28(25(30)16-34-23)15-24(29)26-12-19-4-6-20(33-3)7-5-19/h4-9,11,17-18H,10,12-16H2,1-3H3,(H,26,29)/t17-,18-/m0/s1. The molecule has 0 bridgehead atoms. The highest BCUT2D eigenvalue weighted by Crippen LogP contribution is 2.36. The molecule has 0 aliphatic carbocycles. The van der Waals surface area contributed by atoms with Gasteiger partial charge in [0.2, 0.25) is 15.9 Å². The van der Waals surface area contributed by atoms with Crippen LogP contribution in [0.3, 0.4) is 0 Å². The molecule has 188 valence electrons. The van der Waals surface area contributed by atoms with Gasteiger partial charge >= 0.3 is 0 Å². The molecule has 0 radical (unpaired) electrons. The van der Waals surface area contributed by atoms with Crippen molar-refractivity contribution in [3.05, 3.63) is 48.0 Å². The fraction of sp³-hybridized carbons (Fsp3) is 0.440. The van der Waals surface area contributed by atoms with E-state index in [9.17, 15) is 18.0 Å². The van der Waals surface area contributed by atoms with E-state index in [0.717, 1.165) is 17.7 Å². The number of nitrogens with zero attached hydrogens (tertiary/aromatic N) is 2. The predicted molar refractivity (Wildman–Crippen MR) is 131 cm³/mol. The summed E-state index contributed by atoms with van der Waals surface area (Å²) in [5.74, 6) is 0.839. The molecule has 1 fully saturated rings. The van der Waals surface area contributed by atoms with Crippen LogP contribution in [0.2, 0.25) is 0 Å². The number of piperidine rings is 1. The van der Waals surface area contributed by atoms with Gasteiger partial charge in [-0.2, -0.15) is 4.31 Å². The molecule has 0 spiro atoms. The summed E-state index contributed by atoms with van der Waals surface area (Å²) >= 11 is 0. The van der Waals surface area contributed by atoms with Crippen LogP contribution in [0.25, 0.3) is 0 Å². The number of ether oxygens (including phenoxy) is 2. The van der Waals surface area contributed by atoms with Crippen molar-refractivity contribution in [2.75, 3.05) is 38.3 Å². The SMILES string of the molecule is COc1ccc(CNC(=O)CN2C(=O)COc3ccc(S(=O)(=O)N4C[C@@H](C)C[C@H](C)C4)cc32)cc1. The van der Waals surface area contributed by atoms with E-state index >= 15 is 0 Å². The second kappa shape index (κ2) is 10.2. The van der Waals surface area contributed by atoms with E-state index in [2.05, 4.69) is 5.32 Å². The Morgan fingerprint density at radius 1 is 1.11 bits per heavy atom. The Morgan fingerprint density at radius 2 is 1.80 bits per heavy atom. The van der Waals surface area contributed by atoms with Gasteiger partial charge in [-0.1, -0.05) is 26.0 Å². The number of benzene rings is 2. The molecule has 1 saturated heterocycles. The number of sulfonamides is 1. The summed E-state index contributed by atoms with van der Waals surface area (Å²) < 4.78 is 38.9. The molecule has 2 aromatic carbocycles. The summed E-state index contributed by atoms with van der Waals surface area (Å²) in [7, 11) is -2.17. The van der Waals surface area contributed by atoms with E-state index in [4.69, 9.17) is 9.47 Å². The number of hydrogen-bond acceptors (Lipinski definition) is 6. The van der Waals surface area contributed by atoms with Crippen molar-refractivity contribution in [2.45, 2.75) is 31.7 Å². The number of methoxy groups -OCH3 is 1. The minimum absolute atomic E-state index is 0.0829. The molecule has 2 heterocycles. The van der Waals surface area contributed by atoms with Crippen LogP contribution >= 0.6 is 0 Å². The van der Waals surface area contributed by atoms with E-state index < -0.39 is 15.9 Å². The Balaban J connectivity index is 1.51. The molecule has 2 amide bonds. The predicted octanol–water partition coefficient (Wildman–Crippen LogP) is 2.40. The van der Waals surface area contributed by atoms with E-state index in [1.165, 1.54) is 21.3 Å². The molecule has 2 atom stereocenters. The maximum Gasteiger partial charge on any atom is 0.265 e. The Bertz CT molecular complexity index is 1190. The minimum atomic E-state index is -3.75. The minimum Gasteiger partial charge on any atom is -0.497 e. The number of hydrogen-bond donors (Lipinski definition) is 1. The lowest BCUT2D eigenvalue weighted by Crippen LogP contribution is -2.45. The van der Waals surface area contributed by atoms with Crippen LogP contribution in [0, 0.1) is 11.8 Å². The van der Waals surface area contributed by atoms with Gasteiger partial charge in [0.15, 0.2) is 6.61 Å². The zero-order chi connectivity index (χ0) is 25.2. The average molecular weight is 502 g/mol. The zero-order valence-corrected chi connectivity index (χ0v) is 21.0. The van der Waals surface area contributed by atoms with Crippen LogP contribution in [0.4, 0.5) is 5.69 Å². The van der Waals surface area contributed by atoms with Gasteiger partial charge in [-0.25, -0.2) is 8.42 Å². The first-order valence-electron chi connectivity index (χ1n) is 11.6. The van der Waals surface area contributed by atoms with Crippen molar-refractivity contribution in [3.63, 3.8) is 0 Å². The van der Waals surface area contributed by atoms with Crippen molar-refractivity contribution in [1.29, 1.82) is 0 Å². The number of fused-ring (bicyclic) bond motifs is 1. The Labute approximate surface area is 206 Å². The van der Waals surface area contributed by atoms with Crippen molar-refractivity contribution in [3.8, 4) is 11.5 Å². The van der Waals surface area contributed by atoms with Gasteiger partial charge in [0, 0.05) is 19.6 Å². The van der Waals surface area contributed by atoms with Gasteiger partial charge in [-0.15, -0.1) is 0 Å². The molecule has 35 heavy (non-hydrogen) atoms. The summed E-state index contributed by atoms with van der Waals surface area (Å²) in [6, 6.07) is 11.8. The van der Waals surface area contributed by atoms with Gasteiger partial charge in [0.1, 0.15) is 18.0 Å². The van der Waals surface area contributed by atoms with Gasteiger partial charge in [0.05, 0.1) is 17.7 Å². The quantitative estimate of drug-likeness (QED) is 0.625. The van der Waals surface area contributed by atoms with Crippen molar-refractivity contribution in [2.24, 2.45) is 11.8 Å². The first kappa shape index (κ1) is 25.0. The fourth-order valence-electron chi connectivity index (χ4n) is 4.61. The zero-order valence-electron chi connectivity index (χ0n) is 20.2. The van der Waals surface area contributed by atoms with Crippen LogP contribution in [0.15, 0.2) is 47.4 Å². The number of carbonyl (C=O) groups is 2. The molecule has 4 rings (SSSR count). The molecule has 1 N–H and O–H groups in total. The molecule has 0 aromatic heterocycles. The summed E-state index contributed by atoms with van der Waals surface area (Å²) in [6.45, 7) is 4.83. The van der Waals surface area contributed by atoms with Gasteiger partial charge in [-0.3, -0.25) is 14.5 Å². The van der Waals surface area contributed by atoms with Crippen LogP contribution in [0.1, 0.15) is 25.8 Å². The first-order valence-corrected chi connectivity index (χ1v) is 13.1. The highest BCUT2D eigenvalue weighted by molar-refractivity contribution is 7.89. The highest BCUT2D eigenvalue weighted by Gasteiger charge is 2.34. The van der Waals surface area contributed by atoms with Crippen LogP contribution in [-0.2, 0) is 26.2 Å². The van der Waals surface area contributed by atoms with E-state index in [-0.39, 0.29) is 48.0 Å². The summed E-state index contributed by atoms with van der Waals surface area (Å²) in [5.41, 5.74) is 1.16. The normalized spacial score (nSPS) is 20.7. The second-order valence-electron chi connectivity index (χ2n) is 9.29. The largest absolute Gasteiger partial charge is 0.497 e. The van der Waals surface area contributed by atoms with Crippen LogP contribution < -0.4 is 19.7 Å². The van der Waals surface area contributed by atoms with E-state index in [1.807, 2.05) is 26.0 Å². The highest BCUT2D eigenvalue weighted by atomic mass is 32.2. The van der Waals surface area contributed by atoms with E-state index in [1.54, 1.807) is 25.3 Å². The monoisotopic (exact) mass is 501 g/mol. The third kappa shape index (κ3) is 5.59. The third-order valence-corrected chi connectivity index (χ3v) is 8.12.